The predicted molar refractivity (Wildman–Crippen MR) is 62.9 cm³/mol. The first-order valence-corrected chi connectivity index (χ1v) is 5.43. The van der Waals surface area contributed by atoms with Crippen molar-refractivity contribution in [1.29, 1.82) is 0 Å². The van der Waals surface area contributed by atoms with Crippen LogP contribution < -0.4 is 11.1 Å². The molecule has 0 aromatic heterocycles. The summed E-state index contributed by atoms with van der Waals surface area (Å²) in [7, 11) is 1.79. The van der Waals surface area contributed by atoms with E-state index in [1.807, 2.05) is 24.3 Å². The van der Waals surface area contributed by atoms with Crippen LogP contribution in [0, 0.1) is 0 Å². The van der Waals surface area contributed by atoms with E-state index in [1.165, 1.54) is 6.42 Å². The number of anilines is 2. The Morgan fingerprint density at radius 1 is 1.27 bits per heavy atom. The van der Waals surface area contributed by atoms with Gasteiger partial charge in [-0.1, -0.05) is 0 Å². The van der Waals surface area contributed by atoms with E-state index in [4.69, 9.17) is 10.5 Å². The average molecular weight is 206 g/mol. The first-order valence-electron chi connectivity index (χ1n) is 5.43. The van der Waals surface area contributed by atoms with E-state index in [1.54, 1.807) is 7.11 Å². The Morgan fingerprint density at radius 2 is 2.00 bits per heavy atom. The zero-order valence-electron chi connectivity index (χ0n) is 9.07. The zero-order chi connectivity index (χ0) is 10.7. The largest absolute Gasteiger partial charge is 0.399 e. The monoisotopic (exact) mass is 206 g/mol. The molecule has 1 aromatic carbocycles. The molecule has 1 aliphatic carbocycles. The summed E-state index contributed by atoms with van der Waals surface area (Å²) >= 11 is 0. The maximum atomic E-state index is 5.63. The zero-order valence-corrected chi connectivity index (χ0v) is 9.07. The predicted octanol–water partition coefficient (Wildman–Crippen LogP) is 2.25. The second-order valence-electron chi connectivity index (χ2n) is 4.13. The number of benzene rings is 1. The van der Waals surface area contributed by atoms with Gasteiger partial charge in [-0.3, -0.25) is 0 Å². The number of nitrogen functional groups attached to an aromatic ring is 1. The Labute approximate surface area is 90.6 Å². The molecule has 2 rings (SSSR count). The molecule has 0 amide bonds. The molecule has 3 nitrogen and oxygen atoms in total. The molecule has 1 saturated carbocycles. The van der Waals surface area contributed by atoms with Crippen molar-refractivity contribution in [2.75, 3.05) is 18.2 Å². The fraction of sp³-hybridized carbons (Fsp3) is 0.500. The lowest BCUT2D eigenvalue weighted by Gasteiger charge is -2.14. The SMILES string of the molecule is COC1CCC(Nc2ccc(N)cc2)C1. The van der Waals surface area contributed by atoms with Gasteiger partial charge in [-0.2, -0.15) is 0 Å². The quantitative estimate of drug-likeness (QED) is 0.746. The van der Waals surface area contributed by atoms with Crippen molar-refractivity contribution in [3.05, 3.63) is 24.3 Å². The highest BCUT2D eigenvalue weighted by Crippen LogP contribution is 2.25. The minimum atomic E-state index is 0.427. The van der Waals surface area contributed by atoms with E-state index in [-0.39, 0.29) is 0 Å². The van der Waals surface area contributed by atoms with Crippen molar-refractivity contribution >= 4 is 11.4 Å². The smallest absolute Gasteiger partial charge is 0.0591 e. The summed E-state index contributed by atoms with van der Waals surface area (Å²) in [5.41, 5.74) is 7.58. The van der Waals surface area contributed by atoms with Gasteiger partial charge in [-0.15, -0.1) is 0 Å². The van der Waals surface area contributed by atoms with E-state index in [0.29, 0.717) is 12.1 Å². The van der Waals surface area contributed by atoms with Crippen molar-refractivity contribution in [1.82, 2.24) is 0 Å². The highest BCUT2D eigenvalue weighted by Gasteiger charge is 2.23. The summed E-state index contributed by atoms with van der Waals surface area (Å²) in [5.74, 6) is 0. The molecular weight excluding hydrogens is 188 g/mol. The normalized spacial score (nSPS) is 25.4. The lowest BCUT2D eigenvalue weighted by atomic mass is 10.2. The lowest BCUT2D eigenvalue weighted by Crippen LogP contribution is -2.17. The maximum absolute atomic E-state index is 5.63. The number of nitrogens with two attached hydrogens (primary N) is 1. The van der Waals surface area contributed by atoms with Crippen LogP contribution in [0.3, 0.4) is 0 Å². The Morgan fingerprint density at radius 3 is 2.60 bits per heavy atom. The van der Waals surface area contributed by atoms with Crippen molar-refractivity contribution in [3.8, 4) is 0 Å². The first-order chi connectivity index (χ1) is 7.28. The van der Waals surface area contributed by atoms with Gasteiger partial charge >= 0.3 is 0 Å². The summed E-state index contributed by atoms with van der Waals surface area (Å²) in [6.45, 7) is 0. The molecule has 0 radical (unpaired) electrons. The molecule has 0 saturated heterocycles. The van der Waals surface area contributed by atoms with Crippen LogP contribution in [0.5, 0.6) is 0 Å². The van der Waals surface area contributed by atoms with Gasteiger partial charge in [0.2, 0.25) is 0 Å². The van der Waals surface area contributed by atoms with Crippen LogP contribution >= 0.6 is 0 Å². The Balaban J connectivity index is 1.90. The fourth-order valence-corrected chi connectivity index (χ4v) is 2.10. The molecule has 3 N–H and O–H groups in total. The van der Waals surface area contributed by atoms with Gasteiger partial charge in [-0.25, -0.2) is 0 Å². The molecule has 0 heterocycles. The molecule has 3 heteroatoms. The van der Waals surface area contributed by atoms with Crippen molar-refractivity contribution < 1.29 is 4.74 Å². The van der Waals surface area contributed by atoms with Crippen LogP contribution in [-0.4, -0.2) is 19.3 Å². The number of methoxy groups -OCH3 is 1. The average Bonchev–Trinajstić information content (AvgIpc) is 2.69. The van der Waals surface area contributed by atoms with Crippen LogP contribution in [0.25, 0.3) is 0 Å². The van der Waals surface area contributed by atoms with Crippen molar-refractivity contribution in [2.24, 2.45) is 0 Å². The molecule has 1 fully saturated rings. The van der Waals surface area contributed by atoms with Crippen LogP contribution in [0.4, 0.5) is 11.4 Å². The van der Waals surface area contributed by atoms with E-state index in [0.717, 1.165) is 24.2 Å². The van der Waals surface area contributed by atoms with Gasteiger partial charge in [0.05, 0.1) is 6.10 Å². The second-order valence-corrected chi connectivity index (χ2v) is 4.13. The van der Waals surface area contributed by atoms with Crippen LogP contribution in [-0.2, 0) is 4.74 Å². The number of hydrogen-bond donors (Lipinski definition) is 2. The van der Waals surface area contributed by atoms with Gasteiger partial charge in [0.25, 0.3) is 0 Å². The van der Waals surface area contributed by atoms with Gasteiger partial charge in [0.15, 0.2) is 0 Å². The lowest BCUT2D eigenvalue weighted by molar-refractivity contribution is 0.108. The van der Waals surface area contributed by atoms with Crippen LogP contribution in [0.1, 0.15) is 19.3 Å². The number of rotatable bonds is 3. The van der Waals surface area contributed by atoms with E-state index >= 15 is 0 Å². The van der Waals surface area contributed by atoms with E-state index in [9.17, 15) is 0 Å². The summed E-state index contributed by atoms with van der Waals surface area (Å²) in [6, 6.07) is 8.43. The molecule has 1 aliphatic rings. The van der Waals surface area contributed by atoms with Gasteiger partial charge in [-0.05, 0) is 43.5 Å². The Hall–Kier alpha value is -1.22. The molecular formula is C12H18N2O. The molecule has 2 unspecified atom stereocenters. The highest BCUT2D eigenvalue weighted by molar-refractivity contribution is 5.51. The van der Waals surface area contributed by atoms with Crippen molar-refractivity contribution in [3.63, 3.8) is 0 Å². The Bertz CT molecular complexity index is 310. The molecule has 15 heavy (non-hydrogen) atoms. The number of nitrogens with one attached hydrogen (secondary N) is 1. The van der Waals surface area contributed by atoms with Gasteiger partial charge < -0.3 is 15.8 Å². The number of hydrogen-bond acceptors (Lipinski definition) is 3. The standard InChI is InChI=1S/C12H18N2O/c1-15-12-7-6-11(8-12)14-10-4-2-9(13)3-5-10/h2-5,11-12,14H,6-8,13H2,1H3. The van der Waals surface area contributed by atoms with Gasteiger partial charge in [0.1, 0.15) is 0 Å². The molecule has 82 valence electrons. The van der Waals surface area contributed by atoms with E-state index in [2.05, 4.69) is 5.32 Å². The third kappa shape index (κ3) is 2.63. The first kappa shape index (κ1) is 10.3. The third-order valence-electron chi connectivity index (χ3n) is 3.00. The fourth-order valence-electron chi connectivity index (χ4n) is 2.10. The van der Waals surface area contributed by atoms with Crippen LogP contribution in [0.15, 0.2) is 24.3 Å². The second kappa shape index (κ2) is 4.53. The minimum absolute atomic E-state index is 0.427. The molecule has 1 aromatic rings. The van der Waals surface area contributed by atoms with Crippen molar-refractivity contribution in [2.45, 2.75) is 31.4 Å². The summed E-state index contributed by atoms with van der Waals surface area (Å²) in [6.07, 6.45) is 3.86. The molecule has 0 bridgehead atoms. The maximum Gasteiger partial charge on any atom is 0.0591 e. The molecule has 0 aliphatic heterocycles. The third-order valence-corrected chi connectivity index (χ3v) is 3.00. The summed E-state index contributed by atoms with van der Waals surface area (Å²) in [5, 5.41) is 3.50. The molecule has 0 spiro atoms. The summed E-state index contributed by atoms with van der Waals surface area (Å²) in [4.78, 5) is 0. The van der Waals surface area contributed by atoms with E-state index < -0.39 is 0 Å². The molecule has 2 atom stereocenters. The minimum Gasteiger partial charge on any atom is -0.399 e. The summed E-state index contributed by atoms with van der Waals surface area (Å²) < 4.78 is 5.34. The highest BCUT2D eigenvalue weighted by atomic mass is 16.5. The number of ether oxygens (including phenoxy) is 1. The Kier molecular flexibility index (Phi) is 3.11. The van der Waals surface area contributed by atoms with Gasteiger partial charge in [0, 0.05) is 24.5 Å². The van der Waals surface area contributed by atoms with Crippen LogP contribution in [0.2, 0.25) is 0 Å². The topological polar surface area (TPSA) is 47.3 Å².